The Kier molecular flexibility index (Phi) is 4.44. The van der Waals surface area contributed by atoms with Gasteiger partial charge in [-0.25, -0.2) is 0 Å². The lowest BCUT2D eigenvalue weighted by Crippen LogP contribution is -2.45. The molecule has 2 heteroatoms. The lowest BCUT2D eigenvalue weighted by atomic mass is 9.87. The number of carbonyl (C=O) groups excluding carboxylic acids is 1. The van der Waals surface area contributed by atoms with Gasteiger partial charge < -0.3 is 4.90 Å². The van der Waals surface area contributed by atoms with Crippen molar-refractivity contribution in [1.82, 2.24) is 4.90 Å². The van der Waals surface area contributed by atoms with Crippen molar-refractivity contribution in [3.05, 3.63) is 83.9 Å². The standard InChI is InChI=1S/C23H25NO/c1-17-14-20-12-13-21(15-17)24(20)23(25)16-22(18-8-4-2-5-9-18)19-10-6-3-7-11-19/h2-11,20-22H,1,12-16H2. The van der Waals surface area contributed by atoms with Crippen LogP contribution in [0.1, 0.15) is 49.1 Å². The van der Waals surface area contributed by atoms with Gasteiger partial charge in [0.1, 0.15) is 0 Å². The van der Waals surface area contributed by atoms with E-state index in [4.69, 9.17) is 0 Å². The Hall–Kier alpha value is -2.35. The fourth-order valence-corrected chi connectivity index (χ4v) is 4.60. The summed E-state index contributed by atoms with van der Waals surface area (Å²) >= 11 is 0. The van der Waals surface area contributed by atoms with Gasteiger partial charge in [-0.1, -0.05) is 72.8 Å². The summed E-state index contributed by atoms with van der Waals surface area (Å²) in [6, 6.07) is 21.6. The highest BCUT2D eigenvalue weighted by Crippen LogP contribution is 2.39. The lowest BCUT2D eigenvalue weighted by molar-refractivity contribution is -0.135. The van der Waals surface area contributed by atoms with Gasteiger partial charge in [0.25, 0.3) is 0 Å². The van der Waals surface area contributed by atoms with Crippen molar-refractivity contribution in [3.63, 3.8) is 0 Å². The van der Waals surface area contributed by atoms with Crippen LogP contribution in [0, 0.1) is 0 Å². The molecular weight excluding hydrogens is 306 g/mol. The van der Waals surface area contributed by atoms with E-state index in [0.717, 1.165) is 25.7 Å². The molecule has 2 aromatic carbocycles. The third-order valence-corrected chi connectivity index (χ3v) is 5.74. The smallest absolute Gasteiger partial charge is 0.224 e. The van der Waals surface area contributed by atoms with E-state index in [1.54, 1.807) is 0 Å². The van der Waals surface area contributed by atoms with E-state index < -0.39 is 0 Å². The molecule has 2 atom stereocenters. The molecule has 128 valence electrons. The summed E-state index contributed by atoms with van der Waals surface area (Å²) in [6.45, 7) is 4.17. The molecule has 2 nitrogen and oxygen atoms in total. The number of fused-ring (bicyclic) bond motifs is 2. The molecule has 0 radical (unpaired) electrons. The fourth-order valence-electron chi connectivity index (χ4n) is 4.60. The molecule has 2 heterocycles. The topological polar surface area (TPSA) is 20.3 Å². The second kappa shape index (κ2) is 6.87. The SMILES string of the molecule is C=C1CC2CCC(C1)N2C(=O)CC(c1ccccc1)c1ccccc1. The fraction of sp³-hybridized carbons (Fsp3) is 0.348. The third-order valence-electron chi connectivity index (χ3n) is 5.74. The van der Waals surface area contributed by atoms with Crippen molar-refractivity contribution >= 4 is 5.91 Å². The van der Waals surface area contributed by atoms with Gasteiger partial charge in [0.15, 0.2) is 0 Å². The molecule has 2 aliphatic rings. The van der Waals surface area contributed by atoms with Crippen molar-refractivity contribution in [1.29, 1.82) is 0 Å². The first-order valence-electron chi connectivity index (χ1n) is 9.30. The molecule has 0 aliphatic carbocycles. The van der Waals surface area contributed by atoms with Crippen molar-refractivity contribution in [2.24, 2.45) is 0 Å². The monoisotopic (exact) mass is 331 g/mol. The largest absolute Gasteiger partial charge is 0.336 e. The number of piperidine rings is 1. The highest BCUT2D eigenvalue weighted by molar-refractivity contribution is 5.79. The first kappa shape index (κ1) is 16.1. The van der Waals surface area contributed by atoms with Gasteiger partial charge in [-0.3, -0.25) is 4.79 Å². The Labute approximate surface area is 150 Å². The summed E-state index contributed by atoms with van der Waals surface area (Å²) < 4.78 is 0. The Morgan fingerprint density at radius 1 is 0.920 bits per heavy atom. The van der Waals surface area contributed by atoms with Crippen LogP contribution in [-0.2, 0) is 4.79 Å². The van der Waals surface area contributed by atoms with Crippen LogP contribution in [0.25, 0.3) is 0 Å². The summed E-state index contributed by atoms with van der Waals surface area (Å²) in [5.41, 5.74) is 3.76. The molecule has 2 unspecified atom stereocenters. The normalized spacial score (nSPS) is 22.4. The Balaban J connectivity index is 1.59. The number of hydrogen-bond donors (Lipinski definition) is 0. The predicted molar refractivity (Wildman–Crippen MR) is 101 cm³/mol. The van der Waals surface area contributed by atoms with Crippen molar-refractivity contribution in [2.45, 2.75) is 50.1 Å². The van der Waals surface area contributed by atoms with Gasteiger partial charge in [0.2, 0.25) is 5.91 Å². The Bertz CT molecular complexity index is 697. The zero-order valence-corrected chi connectivity index (χ0v) is 14.6. The maximum atomic E-state index is 13.2. The summed E-state index contributed by atoms with van der Waals surface area (Å²) in [7, 11) is 0. The Morgan fingerprint density at radius 3 is 1.88 bits per heavy atom. The molecule has 2 fully saturated rings. The van der Waals surface area contributed by atoms with E-state index in [-0.39, 0.29) is 5.92 Å². The van der Waals surface area contributed by atoms with Crippen LogP contribution in [0.3, 0.4) is 0 Å². The van der Waals surface area contributed by atoms with Crippen molar-refractivity contribution < 1.29 is 4.79 Å². The average Bonchev–Trinajstić information content (AvgIpc) is 2.92. The zero-order chi connectivity index (χ0) is 17.2. The number of amides is 1. The summed E-state index contributed by atoms with van der Waals surface area (Å²) in [6.07, 6.45) is 4.80. The molecule has 1 amide bonds. The number of nitrogens with zero attached hydrogens (tertiary/aromatic N) is 1. The second-order valence-corrected chi connectivity index (χ2v) is 7.42. The minimum Gasteiger partial charge on any atom is -0.336 e. The molecule has 0 N–H and O–H groups in total. The van der Waals surface area contributed by atoms with Crippen LogP contribution < -0.4 is 0 Å². The second-order valence-electron chi connectivity index (χ2n) is 7.42. The zero-order valence-electron chi connectivity index (χ0n) is 14.6. The molecule has 2 aliphatic heterocycles. The highest BCUT2D eigenvalue weighted by Gasteiger charge is 2.41. The molecule has 25 heavy (non-hydrogen) atoms. The van der Waals surface area contributed by atoms with Gasteiger partial charge >= 0.3 is 0 Å². The lowest BCUT2D eigenvalue weighted by Gasteiger charge is -2.37. The molecule has 0 aromatic heterocycles. The first-order chi connectivity index (χ1) is 12.2. The molecule has 2 aromatic rings. The summed E-state index contributed by atoms with van der Waals surface area (Å²) in [5, 5.41) is 0. The number of carbonyl (C=O) groups is 1. The van der Waals surface area contributed by atoms with Crippen LogP contribution >= 0.6 is 0 Å². The minimum atomic E-state index is 0.124. The van der Waals surface area contributed by atoms with E-state index in [1.807, 2.05) is 12.1 Å². The van der Waals surface area contributed by atoms with Crippen LogP contribution in [0.4, 0.5) is 0 Å². The van der Waals surface area contributed by atoms with E-state index in [1.165, 1.54) is 16.7 Å². The highest BCUT2D eigenvalue weighted by atomic mass is 16.2. The summed E-state index contributed by atoms with van der Waals surface area (Å²) in [5.74, 6) is 0.428. The van der Waals surface area contributed by atoms with Gasteiger partial charge in [-0.15, -0.1) is 0 Å². The van der Waals surface area contributed by atoms with Crippen molar-refractivity contribution in [2.75, 3.05) is 0 Å². The molecule has 4 rings (SSSR count). The van der Waals surface area contributed by atoms with Gasteiger partial charge in [-0.05, 0) is 36.8 Å². The van der Waals surface area contributed by atoms with Crippen LogP contribution in [0.5, 0.6) is 0 Å². The molecular formula is C23H25NO. The average molecular weight is 331 g/mol. The van der Waals surface area contributed by atoms with Crippen LogP contribution in [0.2, 0.25) is 0 Å². The first-order valence-corrected chi connectivity index (χ1v) is 9.30. The van der Waals surface area contributed by atoms with E-state index in [2.05, 4.69) is 60.0 Å². The van der Waals surface area contributed by atoms with Gasteiger partial charge in [0, 0.05) is 24.4 Å². The molecule has 2 bridgehead atoms. The van der Waals surface area contributed by atoms with E-state index in [0.29, 0.717) is 24.4 Å². The van der Waals surface area contributed by atoms with E-state index in [9.17, 15) is 4.79 Å². The maximum Gasteiger partial charge on any atom is 0.224 e. The quantitative estimate of drug-likeness (QED) is 0.728. The van der Waals surface area contributed by atoms with Crippen LogP contribution in [0.15, 0.2) is 72.8 Å². The number of rotatable bonds is 4. The van der Waals surface area contributed by atoms with Crippen molar-refractivity contribution in [3.8, 4) is 0 Å². The Morgan fingerprint density at radius 2 is 1.40 bits per heavy atom. The van der Waals surface area contributed by atoms with E-state index >= 15 is 0 Å². The molecule has 0 saturated carbocycles. The maximum absolute atomic E-state index is 13.2. The summed E-state index contributed by atoms with van der Waals surface area (Å²) in [4.78, 5) is 15.4. The third kappa shape index (κ3) is 3.26. The number of hydrogen-bond acceptors (Lipinski definition) is 1. The van der Waals surface area contributed by atoms with Crippen LogP contribution in [-0.4, -0.2) is 22.9 Å². The van der Waals surface area contributed by atoms with Gasteiger partial charge in [-0.2, -0.15) is 0 Å². The van der Waals surface area contributed by atoms with Gasteiger partial charge in [0.05, 0.1) is 0 Å². The molecule has 0 spiro atoms. The number of benzene rings is 2. The molecule has 2 saturated heterocycles. The minimum absolute atomic E-state index is 0.124. The predicted octanol–water partition coefficient (Wildman–Crippen LogP) is 4.92.